The number of aliphatic hydroxyl groups excluding tert-OH is 5. The van der Waals surface area contributed by atoms with Crippen LogP contribution in [-0.2, 0) is 16.1 Å². The van der Waals surface area contributed by atoms with Crippen LogP contribution in [0.25, 0.3) is 0 Å². The Morgan fingerprint density at radius 3 is 1.83 bits per heavy atom. The number of amides is 2. The maximum atomic E-state index is 11.5. The van der Waals surface area contributed by atoms with Gasteiger partial charge in [0.15, 0.2) is 0 Å². The van der Waals surface area contributed by atoms with Crippen LogP contribution in [0, 0.1) is 10.7 Å². The molecule has 1 rings (SSSR count). The Labute approximate surface area is 267 Å². The fourth-order valence-corrected chi connectivity index (χ4v) is 6.73. The largest absolute Gasteiger partial charge is 1.00 e. The summed E-state index contributed by atoms with van der Waals surface area (Å²) in [5.74, 6) is -1.57. The van der Waals surface area contributed by atoms with Crippen molar-refractivity contribution < 1.29 is 76.0 Å². The van der Waals surface area contributed by atoms with Crippen LogP contribution in [0.15, 0.2) is 0 Å². The van der Waals surface area contributed by atoms with E-state index in [1.807, 2.05) is 67.8 Å². The van der Waals surface area contributed by atoms with E-state index in [1.54, 1.807) is 7.05 Å². The van der Waals surface area contributed by atoms with Crippen molar-refractivity contribution in [2.75, 3.05) is 25.5 Å². The first-order valence-corrected chi connectivity index (χ1v) is 12.9. The summed E-state index contributed by atoms with van der Waals surface area (Å²) in [6, 6.07) is 0. The first-order chi connectivity index (χ1) is 15.7. The van der Waals surface area contributed by atoms with E-state index in [4.69, 9.17) is 20.4 Å². The Hall–Kier alpha value is 0.580. The molecule has 35 heavy (non-hydrogen) atoms. The van der Waals surface area contributed by atoms with Gasteiger partial charge in [-0.25, -0.2) is 4.79 Å². The summed E-state index contributed by atoms with van der Waals surface area (Å²) in [6.45, 7) is 2.38. The number of likely N-dealkylation sites (N-methyl/N-ethyl adjacent to an activating group) is 1. The normalized spacial score (nSPS) is 13.8. The summed E-state index contributed by atoms with van der Waals surface area (Å²) in [5, 5.41) is 62.2. The fraction of sp³-hybridized carbons (Fsp3) is 0.526. The van der Waals surface area contributed by atoms with Gasteiger partial charge < -0.3 is 48.0 Å². The van der Waals surface area contributed by atoms with Gasteiger partial charge in [0.1, 0.15) is 18.3 Å². The second kappa shape index (κ2) is 18.8. The Kier molecular flexibility index (Phi) is 20.2. The summed E-state index contributed by atoms with van der Waals surface area (Å²) in [7, 11) is 1.57. The average molecular weight is 847 g/mol. The Bertz CT molecular complexity index is 887. The monoisotopic (exact) mass is 847 g/mol. The maximum Gasteiger partial charge on any atom is 1.00 e. The van der Waals surface area contributed by atoms with Crippen molar-refractivity contribution >= 4 is 91.2 Å². The Morgan fingerprint density at radius 2 is 1.43 bits per heavy atom. The van der Waals surface area contributed by atoms with Crippen LogP contribution in [0.1, 0.15) is 31.2 Å². The van der Waals surface area contributed by atoms with Crippen molar-refractivity contribution in [1.29, 1.82) is 0 Å². The molecule has 1 aromatic carbocycles. The van der Waals surface area contributed by atoms with E-state index >= 15 is 0 Å². The number of carboxylic acids is 1. The van der Waals surface area contributed by atoms with Crippen LogP contribution in [0.5, 0.6) is 0 Å². The standard InChI is InChI=1S/C12H11I3N2O4.C7H17NO5.Na.H/c1-4(18)16-3-6-8(13)7(12(20)21)10(15)11(9(6)14)17-5(2)19;1-8-2-4(10)6(12)7(13)5(11)3-9;;/h3H2,1-2H3,(H,16,18)(H,17,19)(H,20,21);4-13H,2-3H2,1H3;;/q;;+1;-1/t;4-,5+,6+,7+;;/m.0../s1. The molecule has 0 saturated heterocycles. The minimum Gasteiger partial charge on any atom is -1.00 e. The van der Waals surface area contributed by atoms with Gasteiger partial charge in [-0.15, -0.1) is 0 Å². The van der Waals surface area contributed by atoms with Gasteiger partial charge >= 0.3 is 35.5 Å². The summed E-state index contributed by atoms with van der Waals surface area (Å²) in [5.41, 5.74) is 1.26. The molecule has 9 N–H and O–H groups in total. The predicted octanol–water partition coefficient (Wildman–Crippen LogP) is -3.45. The topological polar surface area (TPSA) is 209 Å². The molecule has 0 heterocycles. The second-order valence-electron chi connectivity index (χ2n) is 6.92. The number of nitrogens with one attached hydrogen (secondary N) is 3. The quantitative estimate of drug-likeness (QED) is 0.0842. The first kappa shape index (κ1) is 37.7. The molecule has 4 atom stereocenters. The van der Waals surface area contributed by atoms with Crippen LogP contribution in [0.3, 0.4) is 0 Å². The SMILES string of the molecule is CC(=O)NCc1c(I)c(NC(C)=O)c(I)c(C(=O)O)c1I.CNC[C@H](O)[C@@H](O)[C@H](O)[C@H](O)CO.[H-].[Na+]. The molecule has 196 valence electrons. The number of carbonyl (C=O) groups is 3. The van der Waals surface area contributed by atoms with Gasteiger partial charge in [0.05, 0.1) is 27.5 Å². The molecular formula is C19H29I3N3NaO9. The number of aromatic carboxylic acids is 1. The number of anilines is 1. The molecule has 12 nitrogen and oxygen atoms in total. The molecular weight excluding hydrogens is 818 g/mol. The van der Waals surface area contributed by atoms with E-state index in [2.05, 4.69) is 16.0 Å². The van der Waals surface area contributed by atoms with Gasteiger partial charge in [-0.05, 0) is 74.8 Å². The zero-order valence-corrected chi connectivity index (χ0v) is 27.9. The first-order valence-electron chi connectivity index (χ1n) is 9.63. The molecule has 0 aliphatic carbocycles. The van der Waals surface area contributed by atoms with Crippen molar-refractivity contribution in [2.45, 2.75) is 44.8 Å². The van der Waals surface area contributed by atoms with Crippen LogP contribution in [-0.4, -0.2) is 93.0 Å². The van der Waals surface area contributed by atoms with Crippen LogP contribution in [0.2, 0.25) is 0 Å². The molecule has 0 aromatic heterocycles. The van der Waals surface area contributed by atoms with Gasteiger partial charge in [0, 0.05) is 39.6 Å². The third kappa shape index (κ3) is 12.3. The molecule has 1 aromatic rings. The zero-order chi connectivity index (χ0) is 26.7. The molecule has 0 radical (unpaired) electrons. The van der Waals surface area contributed by atoms with Gasteiger partial charge in [-0.2, -0.15) is 0 Å². The second-order valence-corrected chi connectivity index (χ2v) is 10.2. The van der Waals surface area contributed by atoms with Gasteiger partial charge in [-0.1, -0.05) is 0 Å². The summed E-state index contributed by atoms with van der Waals surface area (Å²) < 4.78 is 1.74. The predicted molar refractivity (Wildman–Crippen MR) is 150 cm³/mol. The van der Waals surface area contributed by atoms with E-state index in [1.165, 1.54) is 13.8 Å². The number of hydrogen-bond donors (Lipinski definition) is 9. The summed E-state index contributed by atoms with van der Waals surface area (Å²) >= 11 is 5.90. The van der Waals surface area contributed by atoms with E-state index < -0.39 is 37.0 Å². The molecule has 2 amide bonds. The minimum atomic E-state index is -1.55. The smallest absolute Gasteiger partial charge is 1.00 e. The number of benzene rings is 1. The zero-order valence-electron chi connectivity index (χ0n) is 20.5. The Morgan fingerprint density at radius 1 is 0.914 bits per heavy atom. The van der Waals surface area contributed by atoms with Crippen LogP contribution >= 0.6 is 67.8 Å². The molecule has 0 fully saturated rings. The molecule has 0 aliphatic heterocycles. The van der Waals surface area contributed by atoms with Crippen molar-refractivity contribution in [3.8, 4) is 0 Å². The third-order valence-electron chi connectivity index (χ3n) is 4.18. The number of halogens is 3. The number of carboxylic acid groups (broad SMARTS) is 1. The minimum absolute atomic E-state index is 0. The van der Waals surface area contributed by atoms with Crippen molar-refractivity contribution in [1.82, 2.24) is 10.6 Å². The molecule has 0 saturated carbocycles. The van der Waals surface area contributed by atoms with Crippen molar-refractivity contribution in [3.05, 3.63) is 21.8 Å². The molecule has 16 heteroatoms. The van der Waals surface area contributed by atoms with E-state index in [0.29, 0.717) is 18.4 Å². The van der Waals surface area contributed by atoms with Crippen LogP contribution < -0.4 is 45.5 Å². The Balaban J connectivity index is -0.000000634. The molecule has 0 unspecified atom stereocenters. The van der Waals surface area contributed by atoms with E-state index in [0.717, 1.165) is 3.57 Å². The summed E-state index contributed by atoms with van der Waals surface area (Å²) in [6.07, 6.45) is -5.65. The molecule has 0 bridgehead atoms. The maximum absolute atomic E-state index is 11.5. The average Bonchev–Trinajstić information content (AvgIpc) is 2.74. The summed E-state index contributed by atoms with van der Waals surface area (Å²) in [4.78, 5) is 33.9. The van der Waals surface area contributed by atoms with Crippen molar-refractivity contribution in [3.63, 3.8) is 0 Å². The third-order valence-corrected chi connectivity index (χ3v) is 7.64. The molecule has 0 aliphatic rings. The number of hydrogen-bond acceptors (Lipinski definition) is 9. The fourth-order valence-electron chi connectivity index (χ4n) is 2.45. The van der Waals surface area contributed by atoms with E-state index in [-0.39, 0.29) is 61.5 Å². The molecule has 0 spiro atoms. The number of rotatable bonds is 10. The number of carbonyl (C=O) groups excluding carboxylic acids is 2. The van der Waals surface area contributed by atoms with Gasteiger partial charge in [0.2, 0.25) is 11.8 Å². The van der Waals surface area contributed by atoms with Gasteiger partial charge in [-0.3, -0.25) is 9.59 Å². The van der Waals surface area contributed by atoms with Crippen LogP contribution in [0.4, 0.5) is 5.69 Å². The van der Waals surface area contributed by atoms with Crippen molar-refractivity contribution in [2.24, 2.45) is 0 Å². The van der Waals surface area contributed by atoms with Gasteiger partial charge in [0.25, 0.3) is 0 Å². The van der Waals surface area contributed by atoms with E-state index in [9.17, 15) is 24.6 Å². The number of aliphatic hydroxyl groups is 5.